The number of amides is 1. The molecule has 3 atom stereocenters. The first-order chi connectivity index (χ1) is 22.7. The molecule has 3 aliphatic heterocycles. The Morgan fingerprint density at radius 1 is 1.15 bits per heavy atom. The third-order valence-electron chi connectivity index (χ3n) is 9.74. The van der Waals surface area contributed by atoms with Crippen molar-refractivity contribution in [1.82, 2.24) is 19.8 Å². The van der Waals surface area contributed by atoms with Gasteiger partial charge >= 0.3 is 6.01 Å². The number of nitrogens with zero attached hydrogens (tertiary/aromatic N) is 6. The Hall–Kier alpha value is -4.04. The highest BCUT2D eigenvalue weighted by Crippen LogP contribution is 2.43. The van der Waals surface area contributed by atoms with Crippen molar-refractivity contribution >= 4 is 56.6 Å². The van der Waals surface area contributed by atoms with Crippen LogP contribution in [0.1, 0.15) is 19.3 Å². The lowest BCUT2D eigenvalue weighted by Crippen LogP contribution is -2.56. The number of ether oxygens (including phenoxy) is 1. The fourth-order valence-corrected chi connectivity index (χ4v) is 8.06. The van der Waals surface area contributed by atoms with Gasteiger partial charge in [0.1, 0.15) is 30.5 Å². The second-order valence-corrected chi connectivity index (χ2v) is 13.3. The van der Waals surface area contributed by atoms with E-state index >= 15 is 0 Å². The van der Waals surface area contributed by atoms with Crippen LogP contribution in [-0.4, -0.2) is 89.3 Å². The molecular formula is C35H32Cl2F2N6O2. The standard InChI is InChI=1S/C35H32Cl2F2N6O2/c1-3-30(46)45-13-12-43(19-23(45)17-40-2)33-26-14-27(36)25(24-7-4-6-21-8-9-28(39)32(37)31(21)24)15-29(26)41-34(42-33)47-20-35-10-5-11-44(35)18-22(38)16-35/h3-4,6-9,14-15,22-23H,1,5,10-13,16-20H2/t22-,23+,35+/m1/s1. The smallest absolute Gasteiger partial charge is 0.319 e. The van der Waals surface area contributed by atoms with Crippen molar-refractivity contribution in [2.75, 3.05) is 50.8 Å². The van der Waals surface area contributed by atoms with Gasteiger partial charge in [0.2, 0.25) is 12.5 Å². The van der Waals surface area contributed by atoms with E-state index in [4.69, 9.17) is 44.5 Å². The van der Waals surface area contributed by atoms with Gasteiger partial charge in [0, 0.05) is 54.0 Å². The molecule has 1 aromatic heterocycles. The Bertz CT molecular complexity index is 1950. The lowest BCUT2D eigenvalue weighted by atomic mass is 9.95. The van der Waals surface area contributed by atoms with E-state index in [-0.39, 0.29) is 36.1 Å². The largest absolute Gasteiger partial charge is 0.461 e. The molecule has 0 aliphatic carbocycles. The molecule has 3 saturated heterocycles. The average molecular weight is 678 g/mol. The third kappa shape index (κ3) is 5.64. The van der Waals surface area contributed by atoms with E-state index in [0.29, 0.717) is 70.9 Å². The minimum atomic E-state index is -0.900. The maximum Gasteiger partial charge on any atom is 0.319 e. The number of carbonyl (C=O) groups excluding carboxylic acids is 1. The van der Waals surface area contributed by atoms with Gasteiger partial charge in [-0.3, -0.25) is 9.69 Å². The summed E-state index contributed by atoms with van der Waals surface area (Å²) in [6.07, 6.45) is 2.59. The third-order valence-corrected chi connectivity index (χ3v) is 10.4. The number of benzene rings is 3. The van der Waals surface area contributed by atoms with E-state index < -0.39 is 17.5 Å². The SMILES string of the molecule is [C-]#[N+]C[C@H]1CN(c2nc(OC[C@@]34CCCN3C[C@H](F)C4)nc3cc(-c4cccc5ccc(F)c(Cl)c45)c(Cl)cc23)CCN1C(=O)C=C. The highest BCUT2D eigenvalue weighted by molar-refractivity contribution is 6.38. The van der Waals surface area contributed by atoms with Crippen LogP contribution in [0.4, 0.5) is 14.6 Å². The quantitative estimate of drug-likeness (QED) is 0.156. The maximum atomic E-state index is 14.6. The van der Waals surface area contributed by atoms with Gasteiger partial charge in [-0.15, -0.1) is 0 Å². The van der Waals surface area contributed by atoms with Crippen LogP contribution in [0.15, 0.2) is 55.1 Å². The van der Waals surface area contributed by atoms with E-state index in [2.05, 4.69) is 16.3 Å². The van der Waals surface area contributed by atoms with Gasteiger partial charge in [-0.05, 0) is 54.6 Å². The number of halogens is 4. The van der Waals surface area contributed by atoms with E-state index in [9.17, 15) is 13.6 Å². The Morgan fingerprint density at radius 3 is 2.81 bits per heavy atom. The molecule has 7 rings (SSSR count). The van der Waals surface area contributed by atoms with Crippen molar-refractivity contribution < 1.29 is 18.3 Å². The molecule has 242 valence electrons. The summed E-state index contributed by atoms with van der Waals surface area (Å²) >= 11 is 13.5. The molecule has 12 heteroatoms. The topological polar surface area (TPSA) is 66.2 Å². The van der Waals surface area contributed by atoms with Gasteiger partial charge in [-0.1, -0.05) is 54.0 Å². The molecular weight excluding hydrogens is 645 g/mol. The monoisotopic (exact) mass is 676 g/mol. The van der Waals surface area contributed by atoms with Crippen LogP contribution < -0.4 is 9.64 Å². The summed E-state index contributed by atoms with van der Waals surface area (Å²) in [6, 6.07) is 11.9. The molecule has 0 saturated carbocycles. The predicted molar refractivity (Wildman–Crippen MR) is 180 cm³/mol. The minimum Gasteiger partial charge on any atom is -0.461 e. The van der Waals surface area contributed by atoms with Gasteiger partial charge in [-0.2, -0.15) is 9.97 Å². The van der Waals surface area contributed by atoms with Crippen LogP contribution in [0.2, 0.25) is 10.0 Å². The van der Waals surface area contributed by atoms with Crippen LogP contribution in [0.25, 0.3) is 37.6 Å². The lowest BCUT2D eigenvalue weighted by Gasteiger charge is -2.39. The minimum absolute atomic E-state index is 0.00237. The Morgan fingerprint density at radius 2 is 2.00 bits per heavy atom. The van der Waals surface area contributed by atoms with Gasteiger partial charge in [0.05, 0.1) is 16.1 Å². The van der Waals surface area contributed by atoms with Crippen molar-refractivity contribution in [3.8, 4) is 17.1 Å². The fraction of sp³-hybridized carbons (Fsp3) is 0.371. The van der Waals surface area contributed by atoms with Crippen LogP contribution in [0.5, 0.6) is 6.01 Å². The van der Waals surface area contributed by atoms with Crippen molar-refractivity contribution in [2.45, 2.75) is 37.0 Å². The molecule has 1 amide bonds. The number of rotatable bonds is 7. The van der Waals surface area contributed by atoms with Gasteiger partial charge in [0.25, 0.3) is 0 Å². The highest BCUT2D eigenvalue weighted by Gasteiger charge is 2.49. The Kier molecular flexibility index (Phi) is 8.41. The molecule has 47 heavy (non-hydrogen) atoms. The molecule has 4 heterocycles. The Balaban J connectivity index is 1.34. The number of anilines is 1. The first-order valence-electron chi connectivity index (χ1n) is 15.6. The summed E-state index contributed by atoms with van der Waals surface area (Å²) < 4.78 is 35.5. The number of hydrogen-bond donors (Lipinski definition) is 0. The molecule has 0 bridgehead atoms. The highest BCUT2D eigenvalue weighted by atomic mass is 35.5. The second-order valence-electron chi connectivity index (χ2n) is 12.5. The zero-order valence-electron chi connectivity index (χ0n) is 25.6. The van der Waals surface area contributed by atoms with Crippen LogP contribution in [0.3, 0.4) is 0 Å². The van der Waals surface area contributed by atoms with Crippen molar-refractivity contribution in [3.05, 3.63) is 82.4 Å². The van der Waals surface area contributed by atoms with E-state index in [1.165, 1.54) is 12.1 Å². The van der Waals surface area contributed by atoms with Gasteiger partial charge in [-0.25, -0.2) is 15.4 Å². The summed E-state index contributed by atoms with van der Waals surface area (Å²) in [5.41, 5.74) is 1.40. The molecule has 3 aliphatic rings. The van der Waals surface area contributed by atoms with E-state index in [0.717, 1.165) is 24.8 Å². The second kappa shape index (κ2) is 12.5. The van der Waals surface area contributed by atoms with E-state index in [1.54, 1.807) is 17.0 Å². The van der Waals surface area contributed by atoms with Gasteiger partial charge < -0.3 is 19.4 Å². The number of alkyl halides is 1. The number of aromatic nitrogens is 2. The van der Waals surface area contributed by atoms with Crippen molar-refractivity contribution in [3.63, 3.8) is 0 Å². The summed E-state index contributed by atoms with van der Waals surface area (Å²) in [5, 5.41) is 2.34. The number of piperazine rings is 1. The van der Waals surface area contributed by atoms with Crippen LogP contribution >= 0.6 is 23.2 Å². The van der Waals surface area contributed by atoms with Crippen molar-refractivity contribution in [1.29, 1.82) is 0 Å². The Labute approximate surface area is 281 Å². The molecule has 0 spiro atoms. The number of fused-ring (bicyclic) bond motifs is 3. The normalized spacial score (nSPS) is 22.9. The van der Waals surface area contributed by atoms with E-state index in [1.807, 2.05) is 29.2 Å². The molecule has 0 N–H and O–H groups in total. The fourth-order valence-electron chi connectivity index (χ4n) is 7.52. The summed E-state index contributed by atoms with van der Waals surface area (Å²) in [6.45, 7) is 13.9. The average Bonchev–Trinajstić information content (AvgIpc) is 3.60. The molecule has 0 radical (unpaired) electrons. The molecule has 4 aromatic rings. The zero-order chi connectivity index (χ0) is 32.9. The molecule has 3 aromatic carbocycles. The van der Waals surface area contributed by atoms with Crippen LogP contribution in [0, 0.1) is 12.4 Å². The summed E-state index contributed by atoms with van der Waals surface area (Å²) in [7, 11) is 0. The van der Waals surface area contributed by atoms with Gasteiger partial charge in [0.15, 0.2) is 0 Å². The first-order valence-corrected chi connectivity index (χ1v) is 16.4. The maximum absolute atomic E-state index is 14.6. The molecule has 8 nitrogen and oxygen atoms in total. The molecule has 0 unspecified atom stereocenters. The molecule has 3 fully saturated rings. The van der Waals surface area contributed by atoms with Crippen molar-refractivity contribution in [2.24, 2.45) is 0 Å². The summed E-state index contributed by atoms with van der Waals surface area (Å²) in [4.78, 5) is 31.7. The number of hydrogen-bond acceptors (Lipinski definition) is 6. The zero-order valence-corrected chi connectivity index (χ0v) is 27.1. The number of carbonyl (C=O) groups is 1. The summed E-state index contributed by atoms with van der Waals surface area (Å²) in [5.74, 6) is -0.206. The lowest BCUT2D eigenvalue weighted by molar-refractivity contribution is -0.128. The first kappa shape index (κ1) is 31.6. The predicted octanol–water partition coefficient (Wildman–Crippen LogP) is 6.97. The van der Waals surface area contributed by atoms with Crippen LogP contribution in [-0.2, 0) is 4.79 Å².